The number of ether oxygens (including phenoxy) is 1. The number of nitrogens with zero attached hydrogens (tertiary/aromatic N) is 1. The Morgan fingerprint density at radius 1 is 1.39 bits per heavy atom. The van der Waals surface area contributed by atoms with Crippen molar-refractivity contribution >= 4 is 11.3 Å². The summed E-state index contributed by atoms with van der Waals surface area (Å²) in [6, 6.07) is 0. The first kappa shape index (κ1) is 15.6. The Kier molecular flexibility index (Phi) is 7.47. The van der Waals surface area contributed by atoms with E-state index in [9.17, 15) is 0 Å². The van der Waals surface area contributed by atoms with Gasteiger partial charge in [-0.2, -0.15) is 0 Å². The number of nitrogens with one attached hydrogen (secondary N) is 1. The first-order chi connectivity index (χ1) is 8.61. The molecule has 1 aromatic rings. The first-order valence-corrected chi connectivity index (χ1v) is 7.75. The molecule has 1 atom stereocenters. The maximum Gasteiger partial charge on any atom is 0.107 e. The van der Waals surface area contributed by atoms with Gasteiger partial charge >= 0.3 is 0 Å². The molecule has 0 bridgehead atoms. The molecule has 0 aromatic carbocycles. The van der Waals surface area contributed by atoms with Crippen molar-refractivity contribution in [2.24, 2.45) is 5.92 Å². The quantitative estimate of drug-likeness (QED) is 0.744. The van der Waals surface area contributed by atoms with Crippen molar-refractivity contribution in [3.63, 3.8) is 0 Å². The number of aromatic nitrogens is 1. The van der Waals surface area contributed by atoms with Gasteiger partial charge in [-0.25, -0.2) is 4.98 Å². The highest BCUT2D eigenvalue weighted by Gasteiger charge is 2.05. The van der Waals surface area contributed by atoms with Crippen molar-refractivity contribution in [2.75, 3.05) is 6.54 Å². The minimum atomic E-state index is 0.333. The summed E-state index contributed by atoms with van der Waals surface area (Å²) in [6.07, 6.45) is 2.62. The monoisotopic (exact) mass is 270 g/mol. The van der Waals surface area contributed by atoms with Gasteiger partial charge in [0.25, 0.3) is 0 Å². The van der Waals surface area contributed by atoms with Gasteiger partial charge < -0.3 is 10.1 Å². The highest BCUT2D eigenvalue weighted by atomic mass is 32.1. The minimum absolute atomic E-state index is 0.333. The molecular formula is C14H26N2OS. The standard InChI is InChI=1S/C14H26N2OS/c1-5-6-12(4)17-9-13-10-18-14(16-13)8-15-7-11(2)3/h10-12,15H,5-9H2,1-4H3. The second kappa shape index (κ2) is 8.62. The van der Waals surface area contributed by atoms with Crippen LogP contribution in [0.3, 0.4) is 0 Å². The predicted octanol–water partition coefficient (Wildman–Crippen LogP) is 3.59. The highest BCUT2D eigenvalue weighted by molar-refractivity contribution is 7.09. The SMILES string of the molecule is CCCC(C)OCc1csc(CNCC(C)C)n1. The lowest BCUT2D eigenvalue weighted by Gasteiger charge is -2.10. The summed E-state index contributed by atoms with van der Waals surface area (Å²) in [6.45, 7) is 11.3. The molecule has 0 amide bonds. The molecule has 18 heavy (non-hydrogen) atoms. The van der Waals surface area contributed by atoms with Crippen LogP contribution in [0.2, 0.25) is 0 Å². The molecule has 1 rings (SSSR count). The van der Waals surface area contributed by atoms with E-state index in [-0.39, 0.29) is 0 Å². The molecule has 0 saturated carbocycles. The number of hydrogen-bond donors (Lipinski definition) is 1. The van der Waals surface area contributed by atoms with E-state index in [2.05, 4.69) is 43.4 Å². The number of thiazole rings is 1. The second-order valence-electron chi connectivity index (χ2n) is 5.17. The molecule has 0 aliphatic rings. The third-order valence-electron chi connectivity index (χ3n) is 2.64. The molecule has 0 spiro atoms. The Morgan fingerprint density at radius 3 is 2.83 bits per heavy atom. The van der Waals surface area contributed by atoms with Crippen molar-refractivity contribution < 1.29 is 4.74 Å². The average molecular weight is 270 g/mol. The van der Waals surface area contributed by atoms with Gasteiger partial charge in [0.15, 0.2) is 0 Å². The van der Waals surface area contributed by atoms with E-state index >= 15 is 0 Å². The molecule has 0 aliphatic carbocycles. The van der Waals surface area contributed by atoms with E-state index in [0.29, 0.717) is 18.6 Å². The second-order valence-corrected chi connectivity index (χ2v) is 6.11. The third-order valence-corrected chi connectivity index (χ3v) is 3.54. The van der Waals surface area contributed by atoms with E-state index in [1.54, 1.807) is 11.3 Å². The van der Waals surface area contributed by atoms with Gasteiger partial charge in [-0.1, -0.05) is 27.2 Å². The summed E-state index contributed by atoms with van der Waals surface area (Å²) in [5.74, 6) is 0.683. The van der Waals surface area contributed by atoms with Gasteiger partial charge in [0, 0.05) is 11.9 Å². The van der Waals surface area contributed by atoms with Crippen LogP contribution in [0.1, 0.15) is 51.2 Å². The van der Waals surface area contributed by atoms with Crippen LogP contribution in [0, 0.1) is 5.92 Å². The zero-order valence-electron chi connectivity index (χ0n) is 12.0. The van der Waals surface area contributed by atoms with Crippen LogP contribution in [-0.4, -0.2) is 17.6 Å². The smallest absolute Gasteiger partial charge is 0.107 e. The molecule has 0 aliphatic heterocycles. The molecular weight excluding hydrogens is 244 g/mol. The van der Waals surface area contributed by atoms with Crippen molar-refractivity contribution in [3.05, 3.63) is 16.1 Å². The fourth-order valence-electron chi connectivity index (χ4n) is 1.68. The van der Waals surface area contributed by atoms with Crippen molar-refractivity contribution in [3.8, 4) is 0 Å². The Bertz CT molecular complexity index is 325. The van der Waals surface area contributed by atoms with Crippen molar-refractivity contribution in [1.82, 2.24) is 10.3 Å². The normalized spacial score (nSPS) is 13.2. The molecule has 0 saturated heterocycles. The Morgan fingerprint density at radius 2 is 2.17 bits per heavy atom. The van der Waals surface area contributed by atoms with Gasteiger partial charge in [0.1, 0.15) is 5.01 Å². The fraction of sp³-hybridized carbons (Fsp3) is 0.786. The summed E-state index contributed by atoms with van der Waals surface area (Å²) in [7, 11) is 0. The van der Waals surface area contributed by atoms with Crippen LogP contribution in [0.5, 0.6) is 0 Å². The lowest BCUT2D eigenvalue weighted by Crippen LogP contribution is -2.18. The summed E-state index contributed by atoms with van der Waals surface area (Å²) >= 11 is 1.71. The lowest BCUT2D eigenvalue weighted by molar-refractivity contribution is 0.0455. The van der Waals surface area contributed by atoms with E-state index < -0.39 is 0 Å². The number of rotatable bonds is 9. The van der Waals surface area contributed by atoms with Crippen molar-refractivity contribution in [1.29, 1.82) is 0 Å². The van der Waals surface area contributed by atoms with E-state index in [1.165, 1.54) is 6.42 Å². The Hall–Kier alpha value is -0.450. The van der Waals surface area contributed by atoms with E-state index in [0.717, 1.165) is 30.2 Å². The highest BCUT2D eigenvalue weighted by Crippen LogP contribution is 2.12. The predicted molar refractivity (Wildman–Crippen MR) is 77.8 cm³/mol. The Labute approximate surface area is 115 Å². The van der Waals surface area contributed by atoms with Crippen molar-refractivity contribution in [2.45, 2.75) is 59.8 Å². The van der Waals surface area contributed by atoms with Gasteiger partial charge in [-0.15, -0.1) is 11.3 Å². The van der Waals surface area contributed by atoms with Gasteiger partial charge in [-0.05, 0) is 25.8 Å². The maximum atomic E-state index is 5.75. The summed E-state index contributed by atoms with van der Waals surface area (Å²) in [5, 5.41) is 6.66. The molecule has 3 nitrogen and oxygen atoms in total. The molecule has 1 N–H and O–H groups in total. The summed E-state index contributed by atoms with van der Waals surface area (Å²) in [4.78, 5) is 4.57. The summed E-state index contributed by atoms with van der Waals surface area (Å²) < 4.78 is 5.75. The summed E-state index contributed by atoms with van der Waals surface area (Å²) in [5.41, 5.74) is 1.06. The topological polar surface area (TPSA) is 34.1 Å². The molecule has 1 unspecified atom stereocenters. The minimum Gasteiger partial charge on any atom is -0.372 e. The molecule has 1 heterocycles. The zero-order chi connectivity index (χ0) is 13.4. The largest absolute Gasteiger partial charge is 0.372 e. The van der Waals surface area contributed by atoms with E-state index in [1.807, 2.05) is 0 Å². The molecule has 4 heteroatoms. The van der Waals surface area contributed by atoms with Crippen LogP contribution < -0.4 is 5.32 Å². The molecule has 1 aromatic heterocycles. The van der Waals surface area contributed by atoms with Crippen LogP contribution in [0.4, 0.5) is 0 Å². The van der Waals surface area contributed by atoms with Crippen LogP contribution in [-0.2, 0) is 17.9 Å². The van der Waals surface area contributed by atoms with Gasteiger partial charge in [0.2, 0.25) is 0 Å². The molecule has 0 radical (unpaired) electrons. The molecule has 104 valence electrons. The van der Waals surface area contributed by atoms with Crippen LogP contribution in [0.25, 0.3) is 0 Å². The number of hydrogen-bond acceptors (Lipinski definition) is 4. The lowest BCUT2D eigenvalue weighted by atomic mass is 10.2. The van der Waals surface area contributed by atoms with Crippen LogP contribution in [0.15, 0.2) is 5.38 Å². The van der Waals surface area contributed by atoms with Gasteiger partial charge in [-0.3, -0.25) is 0 Å². The zero-order valence-corrected chi connectivity index (χ0v) is 12.8. The van der Waals surface area contributed by atoms with Crippen LogP contribution >= 0.6 is 11.3 Å². The maximum absolute atomic E-state index is 5.75. The fourth-order valence-corrected chi connectivity index (χ4v) is 2.43. The van der Waals surface area contributed by atoms with Gasteiger partial charge in [0.05, 0.1) is 18.4 Å². The molecule has 0 fully saturated rings. The Balaban J connectivity index is 2.25. The van der Waals surface area contributed by atoms with E-state index in [4.69, 9.17) is 4.74 Å². The first-order valence-electron chi connectivity index (χ1n) is 6.87. The average Bonchev–Trinajstić information content (AvgIpc) is 2.74. The third kappa shape index (κ3) is 6.47.